The average Bonchev–Trinajstić information content (AvgIpc) is 3.02. The molecule has 0 unspecified atom stereocenters. The molecule has 1 aromatic rings. The molecule has 0 bridgehead atoms. The van der Waals surface area contributed by atoms with Crippen LogP contribution in [0.4, 0.5) is 0 Å². The van der Waals surface area contributed by atoms with Gasteiger partial charge in [-0.05, 0) is 34.8 Å². The van der Waals surface area contributed by atoms with Gasteiger partial charge in [0.05, 0.1) is 17.0 Å². The lowest BCUT2D eigenvalue weighted by atomic mass is 9.95. The molecule has 0 spiro atoms. The molecule has 2 N–H and O–H groups in total. The van der Waals surface area contributed by atoms with Crippen molar-refractivity contribution in [2.24, 2.45) is 0 Å². The summed E-state index contributed by atoms with van der Waals surface area (Å²) in [6.07, 6.45) is 1.17. The Balaban J connectivity index is 2.58. The van der Waals surface area contributed by atoms with Crippen molar-refractivity contribution in [1.29, 1.82) is 0 Å². The Morgan fingerprint density at radius 1 is 1.50 bits per heavy atom. The van der Waals surface area contributed by atoms with Gasteiger partial charge in [-0.15, -0.1) is 0 Å². The van der Waals surface area contributed by atoms with Crippen molar-refractivity contribution < 1.29 is 19.7 Å². The van der Waals surface area contributed by atoms with Crippen LogP contribution in [0.5, 0.6) is 11.5 Å². The predicted octanol–water partition coefficient (Wildman–Crippen LogP) is 2.28. The third-order valence-corrected chi connectivity index (χ3v) is 3.60. The fourth-order valence-corrected chi connectivity index (χ4v) is 2.17. The van der Waals surface area contributed by atoms with E-state index in [1.807, 2.05) is 0 Å². The van der Waals surface area contributed by atoms with Gasteiger partial charge in [0.1, 0.15) is 0 Å². The third kappa shape index (κ3) is 1.46. The Bertz CT molecular complexity index is 452. The summed E-state index contributed by atoms with van der Waals surface area (Å²) in [4.78, 5) is 11.2. The SMILES string of the molecule is COc1c(C2(C(=O)O)CC2)ccc(Br)c1O. The number of hydrogen-bond acceptors (Lipinski definition) is 3. The van der Waals surface area contributed by atoms with Crippen LogP contribution in [-0.2, 0) is 10.2 Å². The Labute approximate surface area is 101 Å². The summed E-state index contributed by atoms with van der Waals surface area (Å²) in [5.41, 5.74) is -0.327. The molecule has 0 heterocycles. The molecular formula is C11H11BrO4. The number of hydrogen-bond donors (Lipinski definition) is 2. The number of halogens is 1. The van der Waals surface area contributed by atoms with Gasteiger partial charge in [0.25, 0.3) is 0 Å². The molecule has 1 aliphatic carbocycles. The summed E-state index contributed by atoms with van der Waals surface area (Å²) >= 11 is 3.17. The second-order valence-electron chi connectivity index (χ2n) is 3.86. The van der Waals surface area contributed by atoms with Gasteiger partial charge in [0.15, 0.2) is 11.5 Å². The maximum Gasteiger partial charge on any atom is 0.314 e. The smallest absolute Gasteiger partial charge is 0.314 e. The van der Waals surface area contributed by atoms with Gasteiger partial charge in [0, 0.05) is 5.56 Å². The van der Waals surface area contributed by atoms with Crippen molar-refractivity contribution in [2.45, 2.75) is 18.3 Å². The van der Waals surface area contributed by atoms with Crippen molar-refractivity contribution in [1.82, 2.24) is 0 Å². The number of ether oxygens (including phenoxy) is 1. The second-order valence-corrected chi connectivity index (χ2v) is 4.72. The molecular weight excluding hydrogens is 276 g/mol. The number of phenolic OH excluding ortho intramolecular Hbond substituents is 1. The van der Waals surface area contributed by atoms with Crippen LogP contribution in [0.15, 0.2) is 16.6 Å². The first-order valence-corrected chi connectivity index (χ1v) is 5.61. The summed E-state index contributed by atoms with van der Waals surface area (Å²) in [5.74, 6) is -0.672. The molecule has 0 saturated heterocycles. The van der Waals surface area contributed by atoms with E-state index in [1.54, 1.807) is 12.1 Å². The Hall–Kier alpha value is -1.23. The van der Waals surface area contributed by atoms with E-state index in [9.17, 15) is 15.0 Å². The van der Waals surface area contributed by atoms with Crippen LogP contribution in [-0.4, -0.2) is 23.3 Å². The minimum absolute atomic E-state index is 0.0486. The zero-order chi connectivity index (χ0) is 11.9. The van der Waals surface area contributed by atoms with Crippen LogP contribution in [0.1, 0.15) is 18.4 Å². The highest BCUT2D eigenvalue weighted by Gasteiger charge is 2.53. The van der Waals surface area contributed by atoms with Gasteiger partial charge in [-0.1, -0.05) is 6.07 Å². The molecule has 1 aliphatic rings. The maximum atomic E-state index is 11.2. The predicted molar refractivity (Wildman–Crippen MR) is 60.9 cm³/mol. The van der Waals surface area contributed by atoms with Gasteiger partial charge in [0.2, 0.25) is 0 Å². The van der Waals surface area contributed by atoms with Crippen molar-refractivity contribution >= 4 is 21.9 Å². The molecule has 1 saturated carbocycles. The lowest BCUT2D eigenvalue weighted by Crippen LogP contribution is -2.20. The lowest BCUT2D eigenvalue weighted by molar-refractivity contribution is -0.140. The number of methoxy groups -OCH3 is 1. The molecule has 5 heteroatoms. The van der Waals surface area contributed by atoms with Gasteiger partial charge in [-0.25, -0.2) is 0 Å². The quantitative estimate of drug-likeness (QED) is 0.895. The number of phenols is 1. The molecule has 2 rings (SSSR count). The number of rotatable bonds is 3. The molecule has 1 fully saturated rings. The van der Waals surface area contributed by atoms with Crippen LogP contribution < -0.4 is 4.74 Å². The van der Waals surface area contributed by atoms with Crippen molar-refractivity contribution in [3.63, 3.8) is 0 Å². The highest BCUT2D eigenvalue weighted by Crippen LogP contribution is 2.54. The van der Waals surface area contributed by atoms with Gasteiger partial charge in [-0.2, -0.15) is 0 Å². The molecule has 0 atom stereocenters. The maximum absolute atomic E-state index is 11.2. The number of carboxylic acid groups (broad SMARTS) is 1. The van der Waals surface area contributed by atoms with Crippen molar-refractivity contribution in [2.75, 3.05) is 7.11 Å². The second kappa shape index (κ2) is 3.66. The molecule has 0 radical (unpaired) electrons. The van der Waals surface area contributed by atoms with Crippen LogP contribution in [0.25, 0.3) is 0 Å². The zero-order valence-corrected chi connectivity index (χ0v) is 10.2. The van der Waals surface area contributed by atoms with Crippen LogP contribution in [0.2, 0.25) is 0 Å². The van der Waals surface area contributed by atoms with Crippen molar-refractivity contribution in [3.8, 4) is 11.5 Å². The minimum Gasteiger partial charge on any atom is -0.503 e. The minimum atomic E-state index is -0.872. The first-order valence-electron chi connectivity index (χ1n) is 4.82. The molecule has 0 aliphatic heterocycles. The van der Waals surface area contributed by atoms with E-state index >= 15 is 0 Å². The van der Waals surface area contributed by atoms with E-state index in [4.69, 9.17) is 4.74 Å². The number of aromatic hydroxyl groups is 1. The first-order chi connectivity index (χ1) is 7.53. The molecule has 1 aromatic carbocycles. The van der Waals surface area contributed by atoms with Crippen molar-refractivity contribution in [3.05, 3.63) is 22.2 Å². The van der Waals surface area contributed by atoms with Crippen LogP contribution in [0, 0.1) is 0 Å². The topological polar surface area (TPSA) is 66.8 Å². The van der Waals surface area contributed by atoms with E-state index in [2.05, 4.69) is 15.9 Å². The van der Waals surface area contributed by atoms with Crippen LogP contribution >= 0.6 is 15.9 Å². The number of aliphatic carboxylic acids is 1. The zero-order valence-electron chi connectivity index (χ0n) is 8.66. The van der Waals surface area contributed by atoms with Crippen LogP contribution in [0.3, 0.4) is 0 Å². The molecule has 0 aromatic heterocycles. The summed E-state index contributed by atoms with van der Waals surface area (Å²) in [7, 11) is 1.42. The van der Waals surface area contributed by atoms with E-state index < -0.39 is 11.4 Å². The van der Waals surface area contributed by atoms with Gasteiger partial charge >= 0.3 is 5.97 Å². The van der Waals surface area contributed by atoms with E-state index in [0.29, 0.717) is 22.9 Å². The number of carboxylic acids is 1. The third-order valence-electron chi connectivity index (χ3n) is 2.96. The number of benzene rings is 1. The molecule has 0 amide bonds. The fourth-order valence-electron chi connectivity index (χ4n) is 1.85. The van der Waals surface area contributed by atoms with E-state index in [-0.39, 0.29) is 11.5 Å². The van der Waals surface area contributed by atoms with Gasteiger partial charge < -0.3 is 14.9 Å². The number of carbonyl (C=O) groups is 1. The van der Waals surface area contributed by atoms with E-state index in [1.165, 1.54) is 7.11 Å². The summed E-state index contributed by atoms with van der Waals surface area (Å²) < 4.78 is 5.58. The standard InChI is InChI=1S/C11H11BrO4/c1-16-9-6(2-3-7(12)8(9)13)11(4-5-11)10(14)15/h2-3,13H,4-5H2,1H3,(H,14,15). The Kier molecular flexibility index (Phi) is 2.58. The summed E-state index contributed by atoms with van der Waals surface area (Å²) in [5, 5.41) is 19.0. The normalized spacial score (nSPS) is 16.9. The van der Waals surface area contributed by atoms with E-state index in [0.717, 1.165) is 0 Å². The Morgan fingerprint density at radius 3 is 2.56 bits per heavy atom. The fraction of sp³-hybridized carbons (Fsp3) is 0.364. The largest absolute Gasteiger partial charge is 0.503 e. The highest BCUT2D eigenvalue weighted by molar-refractivity contribution is 9.10. The Morgan fingerprint density at radius 2 is 2.12 bits per heavy atom. The monoisotopic (exact) mass is 286 g/mol. The molecule has 16 heavy (non-hydrogen) atoms. The molecule has 4 nitrogen and oxygen atoms in total. The lowest BCUT2D eigenvalue weighted by Gasteiger charge is -2.16. The summed E-state index contributed by atoms with van der Waals surface area (Å²) in [6, 6.07) is 3.32. The average molecular weight is 287 g/mol. The highest BCUT2D eigenvalue weighted by atomic mass is 79.9. The summed E-state index contributed by atoms with van der Waals surface area (Å²) in [6.45, 7) is 0. The van der Waals surface area contributed by atoms with Gasteiger partial charge in [-0.3, -0.25) is 4.79 Å². The molecule has 86 valence electrons. The first kappa shape index (κ1) is 11.3.